The number of H-pyrrole nitrogens is 1. The van der Waals surface area contributed by atoms with Crippen molar-refractivity contribution in [2.24, 2.45) is 0 Å². The first kappa shape index (κ1) is 13.3. The summed E-state index contributed by atoms with van der Waals surface area (Å²) in [4.78, 5) is 20.0. The van der Waals surface area contributed by atoms with Gasteiger partial charge in [0.05, 0.1) is 5.56 Å². The third-order valence-electron chi connectivity index (χ3n) is 4.62. The molecule has 2 aromatic rings. The van der Waals surface area contributed by atoms with Gasteiger partial charge in [-0.05, 0) is 43.7 Å². The smallest absolute Gasteiger partial charge is 0.257 e. The Morgan fingerprint density at radius 1 is 1.14 bits per heavy atom. The molecule has 1 aliphatic heterocycles. The van der Waals surface area contributed by atoms with E-state index in [1.807, 2.05) is 25.1 Å². The van der Waals surface area contributed by atoms with Crippen molar-refractivity contribution in [2.75, 3.05) is 5.32 Å². The van der Waals surface area contributed by atoms with Crippen LogP contribution < -0.4 is 10.9 Å². The molecule has 2 aliphatic rings. The Bertz CT molecular complexity index is 805. The number of rotatable bonds is 1. The van der Waals surface area contributed by atoms with Gasteiger partial charge < -0.3 is 10.3 Å². The number of aromatic nitrogens is 2. The number of fused-ring (bicyclic) bond motifs is 1. The molecule has 2 heterocycles. The molecule has 4 rings (SSSR count). The SMILES string of the molecule is Cc1nc2c(c(=O)[nH]1)C(c1ccccc1)C1=C(CCCC1)N2. The molecule has 1 aliphatic carbocycles. The van der Waals surface area contributed by atoms with Crippen LogP contribution in [-0.2, 0) is 0 Å². The molecule has 4 nitrogen and oxygen atoms in total. The maximum absolute atomic E-state index is 12.6. The molecule has 0 fully saturated rings. The average molecular weight is 293 g/mol. The number of allylic oxidation sites excluding steroid dienone is 2. The van der Waals surface area contributed by atoms with Gasteiger partial charge in [-0.25, -0.2) is 4.98 Å². The summed E-state index contributed by atoms with van der Waals surface area (Å²) in [5, 5.41) is 3.43. The predicted molar refractivity (Wildman–Crippen MR) is 87.0 cm³/mol. The van der Waals surface area contributed by atoms with Crippen LogP contribution in [0.5, 0.6) is 0 Å². The van der Waals surface area contributed by atoms with Gasteiger partial charge in [0.25, 0.3) is 5.56 Å². The van der Waals surface area contributed by atoms with Crippen molar-refractivity contribution in [3.05, 3.63) is 68.9 Å². The van der Waals surface area contributed by atoms with Gasteiger partial charge in [-0.1, -0.05) is 30.3 Å². The molecular weight excluding hydrogens is 274 g/mol. The fraction of sp³-hybridized carbons (Fsp3) is 0.333. The second kappa shape index (κ2) is 5.13. The molecule has 1 atom stereocenters. The minimum atomic E-state index is -0.0269. The normalized spacial score (nSPS) is 20.1. The van der Waals surface area contributed by atoms with Gasteiger partial charge in [0.15, 0.2) is 0 Å². The standard InChI is InChI=1S/C18H19N3O/c1-11-19-17-16(18(22)20-11)15(12-7-3-2-4-8-12)13-9-5-6-10-14(13)21-17/h2-4,7-8,15H,5-6,9-10H2,1H3,(H2,19,20,21,22). The molecule has 0 spiro atoms. The molecule has 0 bridgehead atoms. The molecule has 1 aromatic heterocycles. The minimum Gasteiger partial charge on any atom is -0.343 e. The number of aromatic amines is 1. The van der Waals surface area contributed by atoms with Crippen molar-refractivity contribution in [1.82, 2.24) is 9.97 Å². The van der Waals surface area contributed by atoms with Gasteiger partial charge >= 0.3 is 0 Å². The van der Waals surface area contributed by atoms with Crippen LogP contribution in [0.1, 0.15) is 48.6 Å². The van der Waals surface area contributed by atoms with Gasteiger partial charge in [0, 0.05) is 11.6 Å². The highest BCUT2D eigenvalue weighted by atomic mass is 16.1. The molecule has 1 aromatic carbocycles. The third kappa shape index (κ3) is 2.06. The molecule has 4 heteroatoms. The van der Waals surface area contributed by atoms with E-state index in [0.29, 0.717) is 5.82 Å². The van der Waals surface area contributed by atoms with Gasteiger partial charge in [0.1, 0.15) is 11.6 Å². The Hall–Kier alpha value is -2.36. The Labute approximate surface area is 129 Å². The van der Waals surface area contributed by atoms with E-state index in [2.05, 4.69) is 27.4 Å². The highest BCUT2D eigenvalue weighted by Gasteiger charge is 2.33. The maximum atomic E-state index is 12.6. The van der Waals surface area contributed by atoms with Gasteiger partial charge in [0.2, 0.25) is 0 Å². The zero-order chi connectivity index (χ0) is 15.1. The highest BCUT2D eigenvalue weighted by Crippen LogP contribution is 2.44. The van der Waals surface area contributed by atoms with Crippen LogP contribution in [0.25, 0.3) is 0 Å². The van der Waals surface area contributed by atoms with Gasteiger partial charge in [-0.3, -0.25) is 4.79 Å². The lowest BCUT2D eigenvalue weighted by atomic mass is 9.77. The van der Waals surface area contributed by atoms with Crippen LogP contribution in [-0.4, -0.2) is 9.97 Å². The van der Waals surface area contributed by atoms with E-state index in [1.54, 1.807) is 0 Å². The third-order valence-corrected chi connectivity index (χ3v) is 4.62. The lowest BCUT2D eigenvalue weighted by molar-refractivity contribution is 0.630. The summed E-state index contributed by atoms with van der Waals surface area (Å²) in [6.45, 7) is 1.83. The van der Waals surface area contributed by atoms with Crippen molar-refractivity contribution in [1.29, 1.82) is 0 Å². The maximum Gasteiger partial charge on any atom is 0.257 e. The van der Waals surface area contributed by atoms with E-state index >= 15 is 0 Å². The van der Waals surface area contributed by atoms with E-state index in [4.69, 9.17) is 0 Å². The van der Waals surface area contributed by atoms with E-state index in [0.717, 1.165) is 24.2 Å². The molecule has 22 heavy (non-hydrogen) atoms. The summed E-state index contributed by atoms with van der Waals surface area (Å²) < 4.78 is 0. The summed E-state index contributed by atoms with van der Waals surface area (Å²) >= 11 is 0. The van der Waals surface area contributed by atoms with Crippen molar-refractivity contribution in [3.63, 3.8) is 0 Å². The second-order valence-corrected chi connectivity index (χ2v) is 6.09. The monoisotopic (exact) mass is 293 g/mol. The van der Waals surface area contributed by atoms with Crippen LogP contribution in [0.15, 0.2) is 46.4 Å². The first-order valence-corrected chi connectivity index (χ1v) is 7.89. The van der Waals surface area contributed by atoms with Gasteiger partial charge in [-0.15, -0.1) is 0 Å². The topological polar surface area (TPSA) is 57.8 Å². The number of anilines is 1. The van der Waals surface area contributed by atoms with Crippen LogP contribution >= 0.6 is 0 Å². The molecular formula is C18H19N3O. The van der Waals surface area contributed by atoms with Crippen LogP contribution in [0.4, 0.5) is 5.82 Å². The molecule has 112 valence electrons. The number of nitrogens with one attached hydrogen (secondary N) is 2. The summed E-state index contributed by atoms with van der Waals surface area (Å²) in [6.07, 6.45) is 4.49. The molecule has 0 amide bonds. The molecule has 1 unspecified atom stereocenters. The first-order valence-electron chi connectivity index (χ1n) is 7.89. The second-order valence-electron chi connectivity index (χ2n) is 6.09. The molecule has 2 N–H and O–H groups in total. The van der Waals surface area contributed by atoms with Gasteiger partial charge in [-0.2, -0.15) is 0 Å². The van der Waals surface area contributed by atoms with Crippen LogP contribution in [0.3, 0.4) is 0 Å². The zero-order valence-electron chi connectivity index (χ0n) is 12.6. The Kier molecular flexibility index (Phi) is 3.10. The highest BCUT2D eigenvalue weighted by molar-refractivity contribution is 5.61. The van der Waals surface area contributed by atoms with Crippen molar-refractivity contribution in [3.8, 4) is 0 Å². The Morgan fingerprint density at radius 2 is 1.91 bits per heavy atom. The Morgan fingerprint density at radius 3 is 2.73 bits per heavy atom. The van der Waals surface area contributed by atoms with Crippen LogP contribution in [0.2, 0.25) is 0 Å². The number of nitrogens with zero attached hydrogens (tertiary/aromatic N) is 1. The fourth-order valence-corrected chi connectivity index (χ4v) is 3.68. The van der Waals surface area contributed by atoms with Crippen molar-refractivity contribution >= 4 is 5.82 Å². The molecule has 0 saturated heterocycles. The quantitative estimate of drug-likeness (QED) is 0.846. The van der Waals surface area contributed by atoms with Crippen LogP contribution in [0, 0.1) is 6.92 Å². The molecule has 0 saturated carbocycles. The number of benzene rings is 1. The minimum absolute atomic E-state index is 0.0269. The van der Waals surface area contributed by atoms with Crippen molar-refractivity contribution < 1.29 is 0 Å². The lowest BCUT2D eigenvalue weighted by Crippen LogP contribution is -2.29. The number of hydrogen-bond donors (Lipinski definition) is 2. The van der Waals surface area contributed by atoms with E-state index in [1.165, 1.54) is 29.7 Å². The first-order chi connectivity index (χ1) is 10.7. The summed E-state index contributed by atoms with van der Waals surface area (Å²) in [7, 11) is 0. The summed E-state index contributed by atoms with van der Waals surface area (Å²) in [5.41, 5.74) is 4.54. The zero-order valence-corrected chi connectivity index (χ0v) is 12.6. The average Bonchev–Trinajstić information content (AvgIpc) is 2.53. The largest absolute Gasteiger partial charge is 0.343 e. The number of aryl methyl sites for hydroxylation is 1. The summed E-state index contributed by atoms with van der Waals surface area (Å²) in [5.74, 6) is 1.42. The predicted octanol–water partition coefficient (Wildman–Crippen LogP) is 3.46. The van der Waals surface area contributed by atoms with E-state index < -0.39 is 0 Å². The fourth-order valence-electron chi connectivity index (χ4n) is 3.68. The molecule has 0 radical (unpaired) electrons. The van der Waals surface area contributed by atoms with E-state index in [-0.39, 0.29) is 11.5 Å². The number of hydrogen-bond acceptors (Lipinski definition) is 3. The van der Waals surface area contributed by atoms with Crippen molar-refractivity contribution in [2.45, 2.75) is 38.5 Å². The summed E-state index contributed by atoms with van der Waals surface area (Å²) in [6, 6.07) is 10.3. The lowest BCUT2D eigenvalue weighted by Gasteiger charge is -2.33. The van der Waals surface area contributed by atoms with E-state index in [9.17, 15) is 4.79 Å². The Balaban J connectivity index is 1.97.